The maximum absolute atomic E-state index is 6.01. The number of nitrogens with zero attached hydrogens (tertiary/aromatic N) is 4. The molecule has 1 aromatic heterocycles. The van der Waals surface area contributed by atoms with Crippen LogP contribution in [0.4, 0.5) is 5.95 Å². The highest BCUT2D eigenvalue weighted by atomic mass is 79.9. The van der Waals surface area contributed by atoms with Crippen molar-refractivity contribution in [1.82, 2.24) is 20.3 Å². The Morgan fingerprint density at radius 3 is 2.79 bits per heavy atom. The predicted molar refractivity (Wildman–Crippen MR) is 94.9 cm³/mol. The number of tetrazole rings is 1. The number of nitrogens with two attached hydrogens (primary N) is 1. The van der Waals surface area contributed by atoms with Gasteiger partial charge in [0.05, 0.1) is 6.54 Å². The van der Waals surface area contributed by atoms with E-state index in [9.17, 15) is 0 Å². The van der Waals surface area contributed by atoms with Gasteiger partial charge in [-0.05, 0) is 46.7 Å². The number of nitrogens with one attached hydrogen (secondary N) is 1. The van der Waals surface area contributed by atoms with Gasteiger partial charge in [0.25, 0.3) is 5.95 Å². The van der Waals surface area contributed by atoms with Crippen LogP contribution in [0.25, 0.3) is 0 Å². The average Bonchev–Trinajstić information content (AvgIpc) is 2.98. The lowest BCUT2D eigenvalue weighted by molar-refractivity contribution is 0.302. The highest BCUT2D eigenvalue weighted by molar-refractivity contribution is 9.10. The topological polar surface area (TPSA) is 90.9 Å². The van der Waals surface area contributed by atoms with Gasteiger partial charge in [0.15, 0.2) is 0 Å². The number of halogens is 1. The monoisotopic (exact) mass is 388 g/mol. The molecule has 0 saturated carbocycles. The number of rotatable bonds is 6. The highest BCUT2D eigenvalue weighted by Gasteiger charge is 2.08. The van der Waals surface area contributed by atoms with Gasteiger partial charge in [0, 0.05) is 10.0 Å². The second-order valence-electron chi connectivity index (χ2n) is 5.25. The molecular formula is C16H17BrN6O. The van der Waals surface area contributed by atoms with Crippen molar-refractivity contribution in [2.75, 3.05) is 11.2 Å². The zero-order chi connectivity index (χ0) is 16.9. The van der Waals surface area contributed by atoms with Crippen LogP contribution in [0.5, 0.6) is 5.75 Å². The number of aryl methyl sites for hydroxylation is 1. The molecule has 0 bridgehead atoms. The van der Waals surface area contributed by atoms with E-state index in [0.717, 1.165) is 21.3 Å². The van der Waals surface area contributed by atoms with Crippen LogP contribution in [0.3, 0.4) is 0 Å². The van der Waals surface area contributed by atoms with Gasteiger partial charge in [-0.3, -0.25) is 0 Å². The zero-order valence-electron chi connectivity index (χ0n) is 13.1. The first-order valence-electron chi connectivity index (χ1n) is 7.37. The molecule has 3 aromatic rings. The molecule has 24 heavy (non-hydrogen) atoms. The lowest BCUT2D eigenvalue weighted by Crippen LogP contribution is -2.18. The summed E-state index contributed by atoms with van der Waals surface area (Å²) < 4.78 is 6.97. The molecule has 0 aliphatic rings. The minimum Gasteiger partial charge on any atom is -0.489 e. The van der Waals surface area contributed by atoms with E-state index in [1.165, 1.54) is 10.4 Å². The molecule has 7 nitrogen and oxygen atoms in total. The van der Waals surface area contributed by atoms with E-state index in [1.54, 1.807) is 0 Å². The first kappa shape index (κ1) is 16.3. The van der Waals surface area contributed by atoms with E-state index < -0.39 is 0 Å². The fourth-order valence-electron chi connectivity index (χ4n) is 2.22. The second kappa shape index (κ2) is 7.31. The van der Waals surface area contributed by atoms with Crippen LogP contribution in [0, 0.1) is 6.92 Å². The molecule has 0 unspecified atom stereocenters. The second-order valence-corrected chi connectivity index (χ2v) is 6.17. The summed E-state index contributed by atoms with van der Waals surface area (Å²) in [4.78, 5) is 1.33. The molecule has 0 aliphatic carbocycles. The van der Waals surface area contributed by atoms with Crippen molar-refractivity contribution in [2.24, 2.45) is 0 Å². The molecule has 1 heterocycles. The van der Waals surface area contributed by atoms with E-state index in [0.29, 0.717) is 13.2 Å². The summed E-state index contributed by atoms with van der Waals surface area (Å²) in [5, 5.41) is 10.9. The van der Waals surface area contributed by atoms with Crippen LogP contribution in [-0.4, -0.2) is 20.3 Å². The van der Waals surface area contributed by atoms with Gasteiger partial charge < -0.3 is 15.9 Å². The Labute approximate surface area is 147 Å². The molecule has 0 atom stereocenters. The van der Waals surface area contributed by atoms with Gasteiger partial charge >= 0.3 is 0 Å². The summed E-state index contributed by atoms with van der Waals surface area (Å²) in [6, 6.07) is 14.0. The average molecular weight is 389 g/mol. The number of nitrogen functional groups attached to an aromatic ring is 1. The number of anilines is 1. The van der Waals surface area contributed by atoms with Crippen LogP contribution in [0.2, 0.25) is 0 Å². The van der Waals surface area contributed by atoms with Crippen molar-refractivity contribution in [2.45, 2.75) is 20.1 Å². The molecule has 3 rings (SSSR count). The smallest absolute Gasteiger partial charge is 0.260 e. The van der Waals surface area contributed by atoms with Crippen LogP contribution < -0.4 is 15.9 Å². The molecule has 0 fully saturated rings. The highest BCUT2D eigenvalue weighted by Crippen LogP contribution is 2.24. The summed E-state index contributed by atoms with van der Waals surface area (Å²) in [5.41, 5.74) is 12.0. The summed E-state index contributed by atoms with van der Waals surface area (Å²) in [7, 11) is 0. The summed E-state index contributed by atoms with van der Waals surface area (Å²) in [6.45, 7) is 3.05. The molecule has 2 aromatic carbocycles. The lowest BCUT2D eigenvalue weighted by atomic mass is 10.1. The Hall–Kier alpha value is -2.61. The molecule has 0 saturated heterocycles. The third-order valence-corrected chi connectivity index (χ3v) is 4.07. The molecule has 0 radical (unpaired) electrons. The number of hydrogen-bond acceptors (Lipinski definition) is 6. The van der Waals surface area contributed by atoms with Crippen LogP contribution >= 0.6 is 15.9 Å². The minimum atomic E-state index is 0.201. The lowest BCUT2D eigenvalue weighted by Gasteiger charge is -2.14. The van der Waals surface area contributed by atoms with Crippen LogP contribution in [-0.2, 0) is 13.2 Å². The van der Waals surface area contributed by atoms with Crippen LogP contribution in [0.1, 0.15) is 16.7 Å². The number of aromatic nitrogens is 4. The predicted octanol–water partition coefficient (Wildman–Crippen LogP) is 2.65. The fourth-order valence-corrected chi connectivity index (χ4v) is 2.63. The van der Waals surface area contributed by atoms with E-state index in [-0.39, 0.29) is 5.95 Å². The number of ether oxygens (including phenoxy) is 1. The van der Waals surface area contributed by atoms with Crippen molar-refractivity contribution in [3.05, 3.63) is 63.6 Å². The molecule has 0 aliphatic heterocycles. The Bertz CT molecular complexity index is 835. The standard InChI is InChI=1S/C16H17BrN6O/c1-11-4-2-3-5-12(11)10-24-15-7-6-14(17)8-13(15)9-19-23-16(18)20-21-22-23/h2-8,19H,9-10H2,1H3,(H2,18,20,22). The van der Waals surface area contributed by atoms with Crippen molar-refractivity contribution >= 4 is 21.9 Å². The maximum Gasteiger partial charge on any atom is 0.260 e. The third-order valence-electron chi connectivity index (χ3n) is 3.58. The Morgan fingerprint density at radius 2 is 2.04 bits per heavy atom. The molecular weight excluding hydrogens is 372 g/mol. The first-order chi connectivity index (χ1) is 11.6. The largest absolute Gasteiger partial charge is 0.489 e. The van der Waals surface area contributed by atoms with Gasteiger partial charge in [0.1, 0.15) is 12.4 Å². The van der Waals surface area contributed by atoms with Gasteiger partial charge in [-0.1, -0.05) is 45.3 Å². The van der Waals surface area contributed by atoms with E-state index in [1.807, 2.05) is 30.3 Å². The molecule has 8 heteroatoms. The molecule has 3 N–H and O–H groups in total. The number of hydrogen-bond donors (Lipinski definition) is 2. The van der Waals surface area contributed by atoms with Gasteiger partial charge in [-0.15, -0.1) is 4.79 Å². The fraction of sp³-hybridized carbons (Fsp3) is 0.188. The van der Waals surface area contributed by atoms with Crippen molar-refractivity contribution in [3.63, 3.8) is 0 Å². The maximum atomic E-state index is 6.01. The third kappa shape index (κ3) is 3.83. The molecule has 0 amide bonds. The van der Waals surface area contributed by atoms with E-state index in [4.69, 9.17) is 10.5 Å². The quantitative estimate of drug-likeness (QED) is 0.674. The Morgan fingerprint density at radius 1 is 1.21 bits per heavy atom. The summed E-state index contributed by atoms with van der Waals surface area (Å²) >= 11 is 3.48. The zero-order valence-corrected chi connectivity index (χ0v) is 14.7. The Kier molecular flexibility index (Phi) is 4.95. The van der Waals surface area contributed by atoms with Gasteiger partial charge in [0.2, 0.25) is 0 Å². The van der Waals surface area contributed by atoms with Crippen molar-refractivity contribution < 1.29 is 4.74 Å². The van der Waals surface area contributed by atoms with Crippen molar-refractivity contribution in [3.8, 4) is 5.75 Å². The first-order valence-corrected chi connectivity index (χ1v) is 8.16. The minimum absolute atomic E-state index is 0.201. The van der Waals surface area contributed by atoms with E-state index in [2.05, 4.69) is 55.9 Å². The number of benzene rings is 2. The van der Waals surface area contributed by atoms with Gasteiger partial charge in [-0.2, -0.15) is 0 Å². The Balaban J connectivity index is 1.73. The summed E-state index contributed by atoms with van der Waals surface area (Å²) in [5.74, 6) is 0.993. The van der Waals surface area contributed by atoms with Crippen LogP contribution in [0.15, 0.2) is 46.9 Å². The molecule has 124 valence electrons. The van der Waals surface area contributed by atoms with Crippen molar-refractivity contribution in [1.29, 1.82) is 0 Å². The molecule has 0 spiro atoms. The van der Waals surface area contributed by atoms with Gasteiger partial charge in [-0.25, -0.2) is 0 Å². The normalized spacial score (nSPS) is 10.6. The summed E-state index contributed by atoms with van der Waals surface area (Å²) in [6.07, 6.45) is 0. The SMILES string of the molecule is Cc1ccccc1COc1ccc(Br)cc1CNn1nnnc1N. The van der Waals surface area contributed by atoms with E-state index >= 15 is 0 Å².